The summed E-state index contributed by atoms with van der Waals surface area (Å²) in [4.78, 5) is 21.6. The third kappa shape index (κ3) is 3.55. The molecule has 3 heterocycles. The molecule has 3 N–H and O–H groups in total. The maximum Gasteiger partial charge on any atom is 0.232 e. The van der Waals surface area contributed by atoms with Gasteiger partial charge >= 0.3 is 0 Å². The van der Waals surface area contributed by atoms with Crippen molar-refractivity contribution < 1.29 is 4.42 Å². The predicted octanol–water partition coefficient (Wildman–Crippen LogP) is 4.18. The third-order valence-electron chi connectivity index (χ3n) is 4.19. The van der Waals surface area contributed by atoms with E-state index in [0.717, 1.165) is 27.2 Å². The lowest BCUT2D eigenvalue weighted by molar-refractivity contribution is 0.653. The van der Waals surface area contributed by atoms with Crippen LogP contribution in [0.5, 0.6) is 0 Å². The zero-order valence-electron chi connectivity index (χ0n) is 15.1. The van der Waals surface area contributed by atoms with Gasteiger partial charge in [-0.25, -0.2) is 9.97 Å². The first kappa shape index (κ1) is 17.4. The number of para-hydroxylation sites is 2. The predicted molar refractivity (Wildman–Crippen MR) is 113 cm³/mol. The number of nitrogen functional groups attached to an aromatic ring is 1. The van der Waals surface area contributed by atoms with Gasteiger partial charge in [0.25, 0.3) is 0 Å². The van der Waals surface area contributed by atoms with Crippen LogP contribution in [0.25, 0.3) is 22.1 Å². The van der Waals surface area contributed by atoms with E-state index >= 15 is 0 Å². The van der Waals surface area contributed by atoms with E-state index in [2.05, 4.69) is 30.2 Å². The zero-order valence-corrected chi connectivity index (χ0v) is 15.9. The molecule has 0 aliphatic carbocycles. The number of nitrogens with two attached hydrogens (primary N) is 1. The largest absolute Gasteiger partial charge is 0.451 e. The summed E-state index contributed by atoms with van der Waals surface area (Å²) in [6.45, 7) is 0. The minimum atomic E-state index is 0.158. The molecule has 0 bridgehead atoms. The smallest absolute Gasteiger partial charge is 0.232 e. The van der Waals surface area contributed by atoms with Crippen LogP contribution in [-0.2, 0) is 5.75 Å². The number of aromatic nitrogens is 5. The highest BCUT2D eigenvalue weighted by molar-refractivity contribution is 7.98. The van der Waals surface area contributed by atoms with Gasteiger partial charge < -0.3 is 15.5 Å². The first-order valence-corrected chi connectivity index (χ1v) is 9.82. The number of nitrogens with zero attached hydrogens (tertiary/aromatic N) is 5. The van der Waals surface area contributed by atoms with Gasteiger partial charge in [-0.1, -0.05) is 42.1 Å². The molecular formula is C20H15N7OS. The van der Waals surface area contributed by atoms with E-state index in [1.807, 2.05) is 54.6 Å². The molecule has 0 aliphatic rings. The summed E-state index contributed by atoms with van der Waals surface area (Å²) >= 11 is 1.46. The van der Waals surface area contributed by atoms with Crippen LogP contribution in [0, 0.1) is 0 Å². The van der Waals surface area contributed by atoms with E-state index in [4.69, 9.17) is 10.2 Å². The van der Waals surface area contributed by atoms with Crippen LogP contribution in [0.2, 0.25) is 0 Å². The second kappa shape index (κ2) is 7.36. The lowest BCUT2D eigenvalue weighted by atomic mass is 10.2. The Morgan fingerprint density at radius 1 is 0.931 bits per heavy atom. The first-order chi connectivity index (χ1) is 14.3. The van der Waals surface area contributed by atoms with E-state index < -0.39 is 0 Å². The van der Waals surface area contributed by atoms with Crippen LogP contribution in [0.1, 0.15) is 5.82 Å². The standard InChI is InChI=1S/C20H15N7OS/c21-19-25-15(26-20(27-19)24-12-6-2-1-3-7-12)10-29-18-17-16(22-11-23-18)13-8-4-5-9-14(13)28-17/h1-9,11H,10H2,(H3,21,24,25,26,27). The lowest BCUT2D eigenvalue weighted by Gasteiger charge is -2.07. The molecule has 142 valence electrons. The summed E-state index contributed by atoms with van der Waals surface area (Å²) < 4.78 is 5.96. The van der Waals surface area contributed by atoms with Crippen LogP contribution in [0.3, 0.4) is 0 Å². The van der Waals surface area contributed by atoms with Crippen LogP contribution in [-0.4, -0.2) is 24.9 Å². The van der Waals surface area contributed by atoms with Crippen molar-refractivity contribution in [1.29, 1.82) is 0 Å². The molecule has 0 radical (unpaired) electrons. The number of rotatable bonds is 5. The van der Waals surface area contributed by atoms with Crippen molar-refractivity contribution in [2.24, 2.45) is 0 Å². The van der Waals surface area contributed by atoms with Crippen molar-refractivity contribution in [3.8, 4) is 0 Å². The minimum absolute atomic E-state index is 0.158. The average molecular weight is 401 g/mol. The summed E-state index contributed by atoms with van der Waals surface area (Å²) in [6.07, 6.45) is 1.54. The Balaban J connectivity index is 1.41. The van der Waals surface area contributed by atoms with Crippen LogP contribution >= 0.6 is 11.8 Å². The molecule has 9 heteroatoms. The summed E-state index contributed by atoms with van der Waals surface area (Å²) in [6, 6.07) is 17.4. The van der Waals surface area contributed by atoms with Gasteiger partial charge in [-0.15, -0.1) is 0 Å². The van der Waals surface area contributed by atoms with Gasteiger partial charge in [0.1, 0.15) is 28.3 Å². The van der Waals surface area contributed by atoms with Gasteiger partial charge in [-0.05, 0) is 24.3 Å². The fraction of sp³-hybridized carbons (Fsp3) is 0.0500. The molecule has 29 heavy (non-hydrogen) atoms. The molecule has 0 atom stereocenters. The van der Waals surface area contributed by atoms with Gasteiger partial charge in [-0.3, -0.25) is 0 Å². The molecule has 2 aromatic carbocycles. The Morgan fingerprint density at radius 3 is 2.66 bits per heavy atom. The topological polar surface area (TPSA) is 116 Å². The Morgan fingerprint density at radius 2 is 1.76 bits per heavy atom. The van der Waals surface area contributed by atoms with Crippen molar-refractivity contribution in [2.75, 3.05) is 11.1 Å². The fourth-order valence-electron chi connectivity index (χ4n) is 2.95. The Labute approximate surface area is 169 Å². The molecule has 0 spiro atoms. The molecule has 0 aliphatic heterocycles. The maximum absolute atomic E-state index is 5.96. The SMILES string of the molecule is Nc1nc(CSc2ncnc3c2oc2ccccc23)nc(Nc2ccccc2)n1. The molecule has 0 saturated carbocycles. The van der Waals surface area contributed by atoms with Gasteiger partial charge in [0.2, 0.25) is 11.9 Å². The Kier molecular flexibility index (Phi) is 4.41. The Bertz CT molecular complexity index is 1310. The number of hydrogen-bond donors (Lipinski definition) is 2. The molecule has 3 aromatic heterocycles. The number of fused-ring (bicyclic) bond motifs is 3. The van der Waals surface area contributed by atoms with E-state index in [1.54, 1.807) is 0 Å². The van der Waals surface area contributed by atoms with Gasteiger partial charge in [0.05, 0.1) is 5.75 Å². The number of furan rings is 1. The van der Waals surface area contributed by atoms with Crippen molar-refractivity contribution in [1.82, 2.24) is 24.9 Å². The van der Waals surface area contributed by atoms with Crippen molar-refractivity contribution in [2.45, 2.75) is 10.8 Å². The molecule has 5 rings (SSSR count). The summed E-state index contributed by atoms with van der Waals surface area (Å²) in [5, 5.41) is 4.82. The molecule has 0 unspecified atom stereocenters. The number of thioether (sulfide) groups is 1. The Hall–Kier alpha value is -3.72. The average Bonchev–Trinajstić information content (AvgIpc) is 3.12. The summed E-state index contributed by atoms with van der Waals surface area (Å²) in [7, 11) is 0. The van der Waals surface area contributed by atoms with Crippen molar-refractivity contribution >= 4 is 51.4 Å². The normalized spacial score (nSPS) is 11.2. The van der Waals surface area contributed by atoms with E-state index in [-0.39, 0.29) is 5.95 Å². The van der Waals surface area contributed by atoms with Gasteiger partial charge in [-0.2, -0.15) is 15.0 Å². The number of hydrogen-bond acceptors (Lipinski definition) is 9. The zero-order chi connectivity index (χ0) is 19.6. The molecule has 0 fully saturated rings. The lowest BCUT2D eigenvalue weighted by Crippen LogP contribution is -2.06. The molecule has 8 nitrogen and oxygen atoms in total. The molecule has 0 saturated heterocycles. The second-order valence-electron chi connectivity index (χ2n) is 6.17. The van der Waals surface area contributed by atoms with E-state index in [0.29, 0.717) is 23.1 Å². The quantitative estimate of drug-likeness (QED) is 0.330. The monoisotopic (exact) mass is 401 g/mol. The number of nitrogens with one attached hydrogen (secondary N) is 1. The van der Waals surface area contributed by atoms with Crippen LogP contribution < -0.4 is 11.1 Å². The summed E-state index contributed by atoms with van der Waals surface area (Å²) in [5.74, 6) is 1.56. The second-order valence-corrected chi connectivity index (χ2v) is 7.13. The maximum atomic E-state index is 5.96. The van der Waals surface area contributed by atoms with Crippen LogP contribution in [0.4, 0.5) is 17.6 Å². The number of benzene rings is 2. The van der Waals surface area contributed by atoms with Crippen LogP contribution in [0.15, 0.2) is 70.4 Å². The summed E-state index contributed by atoms with van der Waals surface area (Å²) in [5.41, 5.74) is 8.97. The highest BCUT2D eigenvalue weighted by Gasteiger charge is 2.14. The van der Waals surface area contributed by atoms with Crippen molar-refractivity contribution in [3.63, 3.8) is 0 Å². The van der Waals surface area contributed by atoms with Crippen molar-refractivity contribution in [3.05, 3.63) is 66.7 Å². The fourth-order valence-corrected chi connectivity index (χ4v) is 3.73. The van der Waals surface area contributed by atoms with E-state index in [1.165, 1.54) is 18.1 Å². The highest BCUT2D eigenvalue weighted by atomic mass is 32.2. The van der Waals surface area contributed by atoms with Gasteiger partial charge in [0, 0.05) is 11.1 Å². The first-order valence-electron chi connectivity index (χ1n) is 8.84. The third-order valence-corrected chi connectivity index (χ3v) is 5.16. The molecule has 5 aromatic rings. The number of anilines is 3. The molecule has 0 amide bonds. The highest BCUT2D eigenvalue weighted by Crippen LogP contribution is 2.33. The van der Waals surface area contributed by atoms with Gasteiger partial charge in [0.15, 0.2) is 5.58 Å². The minimum Gasteiger partial charge on any atom is -0.451 e. The molecular weight excluding hydrogens is 386 g/mol. The van der Waals surface area contributed by atoms with E-state index in [9.17, 15) is 0 Å².